The Morgan fingerprint density at radius 1 is 1.11 bits per heavy atom. The molecule has 2 aromatic heterocycles. The van der Waals surface area contributed by atoms with Crippen LogP contribution in [-0.2, 0) is 47.4 Å². The van der Waals surface area contributed by atoms with E-state index in [1.807, 2.05) is 24.5 Å². The number of benzene rings is 1. The fraction of sp³-hybridized carbons (Fsp3) is 0.525. The minimum Gasteiger partial charge on any atom is -0.480 e. The zero-order valence-electron chi connectivity index (χ0n) is 31.5. The minimum absolute atomic E-state index is 0. The number of pyridine rings is 2. The number of amides is 1. The number of halogens is 1. The first kappa shape index (κ1) is 39.9. The molecule has 5 heterocycles. The van der Waals surface area contributed by atoms with Gasteiger partial charge in [0.2, 0.25) is 11.5 Å². The van der Waals surface area contributed by atoms with Crippen molar-refractivity contribution >= 4 is 64.8 Å². The lowest BCUT2D eigenvalue weighted by atomic mass is 9.85. The van der Waals surface area contributed by atoms with Crippen molar-refractivity contribution in [1.82, 2.24) is 20.2 Å². The summed E-state index contributed by atoms with van der Waals surface area (Å²) < 4.78 is 13.1. The van der Waals surface area contributed by atoms with E-state index in [4.69, 9.17) is 19.5 Å². The maximum atomic E-state index is 14.3. The summed E-state index contributed by atoms with van der Waals surface area (Å²) in [6.45, 7) is 6.22. The molecule has 15 heteroatoms. The van der Waals surface area contributed by atoms with Gasteiger partial charge in [0.1, 0.15) is 12.6 Å². The maximum absolute atomic E-state index is 14.3. The van der Waals surface area contributed by atoms with Gasteiger partial charge >= 0.3 is 17.9 Å². The molecule has 0 spiro atoms. The molecule has 1 saturated carbocycles. The van der Waals surface area contributed by atoms with Gasteiger partial charge in [0.25, 0.3) is 5.56 Å². The van der Waals surface area contributed by atoms with Gasteiger partial charge in [-0.25, -0.2) is 19.6 Å². The highest BCUT2D eigenvalue weighted by atomic mass is 35.5. The number of esters is 2. The zero-order chi connectivity index (χ0) is 38.1. The molecule has 0 saturated heterocycles. The normalized spacial score (nSPS) is 19.4. The zero-order valence-corrected chi connectivity index (χ0v) is 32.3. The third kappa shape index (κ3) is 7.45. The molecule has 55 heavy (non-hydrogen) atoms. The molecule has 3 aromatic rings. The number of hydrogen-bond acceptors (Lipinski definition) is 11. The van der Waals surface area contributed by atoms with Crippen molar-refractivity contribution < 1.29 is 33.8 Å². The number of nitrogens with zero attached hydrogens (tertiary/aromatic N) is 4. The fourth-order valence-corrected chi connectivity index (χ4v) is 8.32. The molecule has 4 aliphatic rings. The van der Waals surface area contributed by atoms with Crippen LogP contribution in [0.15, 0.2) is 34.1 Å². The van der Waals surface area contributed by atoms with Gasteiger partial charge in [-0.05, 0) is 57.2 Å². The summed E-state index contributed by atoms with van der Waals surface area (Å²) in [7, 11) is 0. The number of carboxylic acid groups (broad SMARTS) is 1. The Bertz CT molecular complexity index is 2100. The average molecular weight is 777 g/mol. The Morgan fingerprint density at radius 2 is 1.89 bits per heavy atom. The van der Waals surface area contributed by atoms with E-state index in [1.54, 1.807) is 24.5 Å². The van der Waals surface area contributed by atoms with Crippen molar-refractivity contribution in [3.8, 4) is 11.4 Å². The van der Waals surface area contributed by atoms with Crippen LogP contribution in [0.4, 0.5) is 11.4 Å². The lowest BCUT2D eigenvalue weighted by molar-refractivity contribution is -0.189. The van der Waals surface area contributed by atoms with Gasteiger partial charge in [-0.2, -0.15) is 0 Å². The molecule has 0 radical (unpaired) electrons. The van der Waals surface area contributed by atoms with Gasteiger partial charge in [0.15, 0.2) is 0 Å². The van der Waals surface area contributed by atoms with E-state index in [1.165, 1.54) is 0 Å². The summed E-state index contributed by atoms with van der Waals surface area (Å²) in [6.07, 6.45) is 9.46. The maximum Gasteiger partial charge on any atom is 0.355 e. The highest BCUT2D eigenvalue weighted by Gasteiger charge is 2.50. The number of hydrogen-bond donors (Lipinski definition) is 3. The van der Waals surface area contributed by atoms with Gasteiger partial charge < -0.3 is 34.7 Å². The van der Waals surface area contributed by atoms with Crippen LogP contribution in [0.5, 0.6) is 0 Å². The van der Waals surface area contributed by atoms with Crippen LogP contribution >= 0.6 is 12.4 Å². The van der Waals surface area contributed by atoms with Crippen LogP contribution in [0.1, 0.15) is 108 Å². The monoisotopic (exact) mass is 776 g/mol. The quantitative estimate of drug-likeness (QED) is 0.110. The standard InChI is InChI=1S/C40H48N6O8.ClH/c1-4-6-10-18-45-22-41-28-14-11-15-29-33(28)35(45)25-20-46-31(34(25)43-29)19-27-26(37(46)49)21-53-39(52)40(27,5-2)54-32(47)17-16-30(38(50)51)44-36(48)23(3)42-24-12-8-7-9-13-24;/h11,14-15,19,22-24,30,42H,4-10,12-13,16-18,20-21H2,1-3H3,(H,44,48)(H,50,51);1H/t23?,30-,40-;/m0./s1. The largest absolute Gasteiger partial charge is 0.480 e. The molecule has 1 aromatic carbocycles. The van der Waals surface area contributed by atoms with E-state index >= 15 is 0 Å². The van der Waals surface area contributed by atoms with Crippen LogP contribution in [0.3, 0.4) is 0 Å². The van der Waals surface area contributed by atoms with Crippen molar-refractivity contribution in [2.45, 2.75) is 128 Å². The van der Waals surface area contributed by atoms with Crippen LogP contribution in [0.2, 0.25) is 0 Å². The molecule has 3 aliphatic heterocycles. The smallest absolute Gasteiger partial charge is 0.355 e. The van der Waals surface area contributed by atoms with Gasteiger partial charge in [-0.1, -0.05) is 52.0 Å². The number of aliphatic carboxylic acids is 1. The van der Waals surface area contributed by atoms with Crippen molar-refractivity contribution in [2.24, 2.45) is 4.99 Å². The number of rotatable bonds is 14. The average Bonchev–Trinajstić information content (AvgIpc) is 3.54. The molecule has 3 N–H and O–H groups in total. The number of carbonyl (C=O) groups excluding carboxylic acids is 3. The molecule has 7 rings (SSSR count). The van der Waals surface area contributed by atoms with Crippen molar-refractivity contribution in [1.29, 1.82) is 0 Å². The Labute approximate surface area is 325 Å². The van der Waals surface area contributed by atoms with E-state index in [9.17, 15) is 29.1 Å². The van der Waals surface area contributed by atoms with Gasteiger partial charge in [-0.15, -0.1) is 12.4 Å². The summed E-state index contributed by atoms with van der Waals surface area (Å²) in [5.41, 5.74) is 2.58. The number of unbranched alkanes of at least 4 members (excludes halogenated alkanes) is 2. The molecule has 1 fully saturated rings. The number of cyclic esters (lactones) is 1. The highest BCUT2D eigenvalue weighted by Crippen LogP contribution is 2.47. The van der Waals surface area contributed by atoms with E-state index in [-0.39, 0.29) is 61.1 Å². The van der Waals surface area contributed by atoms with Crippen LogP contribution in [0, 0.1) is 0 Å². The van der Waals surface area contributed by atoms with Gasteiger partial charge in [0, 0.05) is 30.1 Å². The molecule has 14 nitrogen and oxygen atoms in total. The summed E-state index contributed by atoms with van der Waals surface area (Å²) in [5.74, 6) is -3.45. The molecule has 1 unspecified atom stereocenters. The molecule has 0 bridgehead atoms. The predicted molar refractivity (Wildman–Crippen MR) is 209 cm³/mol. The molecular weight excluding hydrogens is 728 g/mol. The Hall–Kier alpha value is -4.82. The summed E-state index contributed by atoms with van der Waals surface area (Å²) >= 11 is 0. The third-order valence-electron chi connectivity index (χ3n) is 11.3. The minimum atomic E-state index is -1.94. The van der Waals surface area contributed by atoms with Crippen molar-refractivity contribution in [3.05, 3.63) is 51.3 Å². The fourth-order valence-electron chi connectivity index (χ4n) is 8.32. The van der Waals surface area contributed by atoms with Crippen LogP contribution < -0.4 is 21.1 Å². The van der Waals surface area contributed by atoms with Crippen LogP contribution in [-0.4, -0.2) is 69.5 Å². The second kappa shape index (κ2) is 16.5. The Morgan fingerprint density at radius 3 is 2.62 bits per heavy atom. The first-order valence-electron chi connectivity index (χ1n) is 19.3. The lowest BCUT2D eigenvalue weighted by Gasteiger charge is -2.35. The second-order valence-electron chi connectivity index (χ2n) is 14.8. The Balaban J connectivity index is 0.00000514. The van der Waals surface area contributed by atoms with E-state index in [0.29, 0.717) is 11.4 Å². The van der Waals surface area contributed by atoms with E-state index < -0.39 is 47.9 Å². The molecule has 1 amide bonds. The molecular formula is C40H49ClN6O8. The third-order valence-corrected chi connectivity index (χ3v) is 11.3. The summed E-state index contributed by atoms with van der Waals surface area (Å²) in [5, 5.41) is 16.6. The summed E-state index contributed by atoms with van der Waals surface area (Å²) in [4.78, 5) is 78.3. The number of nitrogens with one attached hydrogen (secondary N) is 2. The summed E-state index contributed by atoms with van der Waals surface area (Å²) in [6, 6.07) is 5.70. The van der Waals surface area contributed by atoms with E-state index in [2.05, 4.69) is 22.5 Å². The van der Waals surface area contributed by atoms with Crippen LogP contribution in [0.25, 0.3) is 22.3 Å². The number of aromatic nitrogens is 2. The number of carbonyl (C=O) groups is 4. The van der Waals surface area contributed by atoms with Gasteiger partial charge in [-0.3, -0.25) is 14.4 Å². The van der Waals surface area contributed by atoms with E-state index in [0.717, 1.165) is 85.8 Å². The SMILES string of the molecule is CCCCCN1C=Nc2cccc3nc4c(c1c23)Cn1c-4cc2c(c1=O)COC(=O)[C@@]2(CC)OC(=O)CC[C@H](NC(=O)C(C)NC1CCCCC1)C(=O)O.Cl. The topological polar surface area (TPSA) is 182 Å². The number of aliphatic imine (C=N–C) groups is 1. The number of anilines is 1. The first-order valence-corrected chi connectivity index (χ1v) is 19.3. The van der Waals surface area contributed by atoms with Crippen molar-refractivity contribution in [2.75, 3.05) is 11.4 Å². The lowest BCUT2D eigenvalue weighted by Crippen LogP contribution is -2.51. The number of carboxylic acids is 1. The first-order chi connectivity index (χ1) is 26.1. The van der Waals surface area contributed by atoms with Crippen molar-refractivity contribution in [3.63, 3.8) is 0 Å². The number of ether oxygens (including phenoxy) is 2. The molecule has 294 valence electrons. The molecule has 1 aliphatic carbocycles. The second-order valence-corrected chi connectivity index (χ2v) is 14.8. The Kier molecular flexibility index (Phi) is 12.0. The predicted octanol–water partition coefficient (Wildman–Crippen LogP) is 5.38. The number of fused-ring (bicyclic) bond motifs is 5. The molecule has 3 atom stereocenters. The van der Waals surface area contributed by atoms with Gasteiger partial charge in [0.05, 0.1) is 58.2 Å². The highest BCUT2D eigenvalue weighted by molar-refractivity contribution is 6.11.